The third-order valence-electron chi connectivity index (χ3n) is 3.40. The van der Waals surface area contributed by atoms with Crippen LogP contribution in [0, 0.1) is 0 Å². The number of nitrogens with zero attached hydrogens (tertiary/aromatic N) is 2. The number of oxazole rings is 1. The normalized spacial score (nSPS) is 10.9. The number of carbonyl (C=O) groups excluding carboxylic acids is 1. The van der Waals surface area contributed by atoms with E-state index in [0.717, 1.165) is 16.6 Å². The van der Waals surface area contributed by atoms with Gasteiger partial charge < -0.3 is 9.32 Å². The van der Waals surface area contributed by atoms with Gasteiger partial charge in [0, 0.05) is 24.7 Å². The smallest absolute Gasteiger partial charge is 0.227 e. The number of fused-ring (bicyclic) bond motifs is 1. The topological polar surface area (TPSA) is 46.3 Å². The summed E-state index contributed by atoms with van der Waals surface area (Å²) in [5, 5.41) is 0.630. The van der Waals surface area contributed by atoms with Crippen molar-refractivity contribution >= 4 is 28.6 Å². The summed E-state index contributed by atoms with van der Waals surface area (Å²) in [5.41, 5.74) is 3.26. The monoisotopic (exact) mass is 314 g/mol. The van der Waals surface area contributed by atoms with Gasteiger partial charge >= 0.3 is 0 Å². The van der Waals surface area contributed by atoms with Crippen LogP contribution in [0.4, 0.5) is 0 Å². The third kappa shape index (κ3) is 2.97. The first-order valence-electron chi connectivity index (χ1n) is 6.88. The number of rotatable bonds is 3. The van der Waals surface area contributed by atoms with Crippen molar-refractivity contribution in [2.45, 2.75) is 6.42 Å². The first kappa shape index (κ1) is 14.6. The van der Waals surface area contributed by atoms with Crippen LogP contribution in [-0.4, -0.2) is 29.9 Å². The van der Waals surface area contributed by atoms with E-state index in [-0.39, 0.29) is 5.91 Å². The zero-order valence-corrected chi connectivity index (χ0v) is 13.1. The minimum atomic E-state index is 0.0734. The van der Waals surface area contributed by atoms with Crippen LogP contribution >= 0.6 is 11.6 Å². The maximum atomic E-state index is 11.7. The predicted octanol–water partition coefficient (Wildman–Crippen LogP) is 3.78. The summed E-state index contributed by atoms with van der Waals surface area (Å²) in [6, 6.07) is 13.0. The first-order chi connectivity index (χ1) is 10.5. The number of halogens is 1. The fourth-order valence-electron chi connectivity index (χ4n) is 2.12. The van der Waals surface area contributed by atoms with Crippen molar-refractivity contribution in [3.05, 3.63) is 53.1 Å². The van der Waals surface area contributed by atoms with Crippen LogP contribution in [0.15, 0.2) is 46.9 Å². The average molecular weight is 315 g/mol. The van der Waals surface area contributed by atoms with Crippen molar-refractivity contribution in [2.24, 2.45) is 0 Å². The highest BCUT2D eigenvalue weighted by molar-refractivity contribution is 6.31. The minimum Gasteiger partial charge on any atom is -0.436 e. The molecule has 112 valence electrons. The summed E-state index contributed by atoms with van der Waals surface area (Å²) in [7, 11) is 3.50. The van der Waals surface area contributed by atoms with Crippen LogP contribution in [0.3, 0.4) is 0 Å². The van der Waals surface area contributed by atoms with Crippen molar-refractivity contribution < 1.29 is 9.21 Å². The molecule has 0 saturated carbocycles. The third-order valence-corrected chi connectivity index (χ3v) is 3.64. The summed E-state index contributed by atoms with van der Waals surface area (Å²) in [6.45, 7) is 0. The Kier molecular flexibility index (Phi) is 3.86. The van der Waals surface area contributed by atoms with Crippen molar-refractivity contribution in [3.8, 4) is 11.5 Å². The van der Waals surface area contributed by atoms with Gasteiger partial charge in [-0.3, -0.25) is 4.79 Å². The van der Waals surface area contributed by atoms with Gasteiger partial charge in [0.1, 0.15) is 5.52 Å². The van der Waals surface area contributed by atoms with E-state index < -0.39 is 0 Å². The van der Waals surface area contributed by atoms with Gasteiger partial charge in [-0.1, -0.05) is 23.7 Å². The van der Waals surface area contributed by atoms with E-state index >= 15 is 0 Å². The van der Waals surface area contributed by atoms with Crippen molar-refractivity contribution in [1.82, 2.24) is 9.88 Å². The number of hydrogen-bond acceptors (Lipinski definition) is 3. The quantitative estimate of drug-likeness (QED) is 0.739. The molecule has 2 aromatic carbocycles. The minimum absolute atomic E-state index is 0.0734. The molecule has 4 nitrogen and oxygen atoms in total. The number of amides is 1. The molecule has 0 aliphatic heterocycles. The molecule has 3 aromatic rings. The molecular weight excluding hydrogens is 300 g/mol. The molecule has 1 heterocycles. The summed E-state index contributed by atoms with van der Waals surface area (Å²) < 4.78 is 5.72. The molecule has 0 aliphatic rings. The van der Waals surface area contributed by atoms with Crippen LogP contribution in [0.25, 0.3) is 22.6 Å². The van der Waals surface area contributed by atoms with E-state index in [2.05, 4.69) is 4.98 Å². The zero-order valence-electron chi connectivity index (χ0n) is 12.3. The molecule has 0 radical (unpaired) electrons. The molecule has 0 fully saturated rings. The van der Waals surface area contributed by atoms with E-state index in [4.69, 9.17) is 16.0 Å². The second kappa shape index (κ2) is 5.81. The number of aromatic nitrogens is 1. The first-order valence-corrected chi connectivity index (χ1v) is 7.26. The molecule has 0 bridgehead atoms. The van der Waals surface area contributed by atoms with Gasteiger partial charge in [0.25, 0.3) is 0 Å². The van der Waals surface area contributed by atoms with Crippen LogP contribution < -0.4 is 0 Å². The summed E-state index contributed by atoms with van der Waals surface area (Å²) in [6.07, 6.45) is 0.385. The second-order valence-electron chi connectivity index (χ2n) is 5.29. The lowest BCUT2D eigenvalue weighted by Gasteiger charge is -2.09. The fraction of sp³-hybridized carbons (Fsp3) is 0.176. The maximum Gasteiger partial charge on any atom is 0.227 e. The van der Waals surface area contributed by atoms with Crippen LogP contribution in [-0.2, 0) is 11.2 Å². The standard InChI is InChI=1S/C17H15ClN2O2/c1-20(2)16(21)9-11-3-5-12(6-4-11)17-19-14-10-13(18)7-8-15(14)22-17/h3-8,10H,9H2,1-2H3. The lowest BCUT2D eigenvalue weighted by atomic mass is 10.1. The van der Waals surface area contributed by atoms with Gasteiger partial charge in [-0.05, 0) is 35.9 Å². The maximum absolute atomic E-state index is 11.7. The van der Waals surface area contributed by atoms with Crippen molar-refractivity contribution in [1.29, 1.82) is 0 Å². The fourth-order valence-corrected chi connectivity index (χ4v) is 2.29. The summed E-state index contributed by atoms with van der Waals surface area (Å²) in [5.74, 6) is 0.618. The van der Waals surface area contributed by atoms with Crippen LogP contribution in [0.2, 0.25) is 5.02 Å². The van der Waals surface area contributed by atoms with Gasteiger partial charge in [0.05, 0.1) is 6.42 Å². The van der Waals surface area contributed by atoms with Gasteiger partial charge in [-0.25, -0.2) is 4.98 Å². The Morgan fingerprint density at radius 3 is 2.59 bits per heavy atom. The van der Waals surface area contributed by atoms with Crippen molar-refractivity contribution in [3.63, 3.8) is 0 Å². The Labute approximate surface area is 133 Å². The molecule has 22 heavy (non-hydrogen) atoms. The lowest BCUT2D eigenvalue weighted by molar-refractivity contribution is -0.127. The summed E-state index contributed by atoms with van der Waals surface area (Å²) in [4.78, 5) is 17.7. The Bertz CT molecular complexity index is 822. The van der Waals surface area contributed by atoms with E-state index in [1.807, 2.05) is 24.3 Å². The molecule has 3 rings (SSSR count). The van der Waals surface area contributed by atoms with Crippen molar-refractivity contribution in [2.75, 3.05) is 14.1 Å². The largest absolute Gasteiger partial charge is 0.436 e. The van der Waals surface area contributed by atoms with Crippen LogP contribution in [0.1, 0.15) is 5.56 Å². The molecule has 0 spiro atoms. The Hall–Kier alpha value is -2.33. The van der Waals surface area contributed by atoms with E-state index in [0.29, 0.717) is 22.9 Å². The van der Waals surface area contributed by atoms with Gasteiger partial charge in [0.2, 0.25) is 11.8 Å². The van der Waals surface area contributed by atoms with Crippen LogP contribution in [0.5, 0.6) is 0 Å². The van der Waals surface area contributed by atoms with Gasteiger partial charge in [-0.15, -0.1) is 0 Å². The Balaban J connectivity index is 1.86. The number of benzene rings is 2. The van der Waals surface area contributed by atoms with Gasteiger partial charge in [0.15, 0.2) is 5.58 Å². The molecular formula is C17H15ClN2O2. The highest BCUT2D eigenvalue weighted by atomic mass is 35.5. The van der Waals surface area contributed by atoms with E-state index in [9.17, 15) is 4.79 Å². The number of carbonyl (C=O) groups is 1. The number of hydrogen-bond donors (Lipinski definition) is 0. The van der Waals surface area contributed by atoms with E-state index in [1.54, 1.807) is 37.2 Å². The Morgan fingerprint density at radius 2 is 1.91 bits per heavy atom. The highest BCUT2D eigenvalue weighted by Crippen LogP contribution is 2.26. The molecule has 5 heteroatoms. The molecule has 1 amide bonds. The number of likely N-dealkylation sites (N-methyl/N-ethyl adjacent to an activating group) is 1. The second-order valence-corrected chi connectivity index (χ2v) is 5.73. The van der Waals surface area contributed by atoms with E-state index in [1.165, 1.54) is 0 Å². The molecule has 0 atom stereocenters. The van der Waals surface area contributed by atoms with Gasteiger partial charge in [-0.2, -0.15) is 0 Å². The Morgan fingerprint density at radius 1 is 1.18 bits per heavy atom. The zero-order chi connectivity index (χ0) is 15.7. The summed E-state index contributed by atoms with van der Waals surface area (Å²) >= 11 is 5.95. The predicted molar refractivity (Wildman–Crippen MR) is 86.9 cm³/mol. The highest BCUT2D eigenvalue weighted by Gasteiger charge is 2.10. The average Bonchev–Trinajstić information content (AvgIpc) is 2.90. The molecule has 1 aromatic heterocycles. The lowest BCUT2D eigenvalue weighted by Crippen LogP contribution is -2.23. The molecule has 0 N–H and O–H groups in total. The molecule has 0 aliphatic carbocycles. The SMILES string of the molecule is CN(C)C(=O)Cc1ccc(-c2nc3cc(Cl)ccc3o2)cc1. The molecule has 0 saturated heterocycles. The molecule has 0 unspecified atom stereocenters.